The van der Waals surface area contributed by atoms with E-state index in [0.717, 1.165) is 39.7 Å². The summed E-state index contributed by atoms with van der Waals surface area (Å²) in [7, 11) is 0. The Bertz CT molecular complexity index is 1230. The maximum absolute atomic E-state index is 12.4. The Labute approximate surface area is 185 Å². The number of ether oxygens (including phenoxy) is 1. The molecule has 0 radical (unpaired) electrons. The molecule has 0 aliphatic rings. The summed E-state index contributed by atoms with van der Waals surface area (Å²) < 4.78 is 8.02. The molecule has 1 amide bonds. The predicted molar refractivity (Wildman–Crippen MR) is 124 cm³/mol. The van der Waals surface area contributed by atoms with Crippen LogP contribution in [0, 0.1) is 6.92 Å². The molecule has 31 heavy (non-hydrogen) atoms. The van der Waals surface area contributed by atoms with E-state index in [4.69, 9.17) is 4.74 Å². The molecule has 0 spiro atoms. The van der Waals surface area contributed by atoms with Crippen LogP contribution in [0.2, 0.25) is 0 Å². The highest BCUT2D eigenvalue weighted by Gasteiger charge is 2.09. The van der Waals surface area contributed by atoms with E-state index in [1.165, 1.54) is 6.08 Å². The number of aryl methyl sites for hydroxylation is 2. The maximum atomic E-state index is 12.4. The van der Waals surface area contributed by atoms with E-state index in [1.807, 2.05) is 60.8 Å². The monoisotopic (exact) mass is 432 g/mol. The van der Waals surface area contributed by atoms with E-state index in [0.29, 0.717) is 18.9 Å². The van der Waals surface area contributed by atoms with Gasteiger partial charge in [-0.1, -0.05) is 30.3 Å². The van der Waals surface area contributed by atoms with Crippen molar-refractivity contribution in [2.24, 2.45) is 0 Å². The van der Waals surface area contributed by atoms with Gasteiger partial charge in [0.05, 0.1) is 28.3 Å². The third-order valence-corrected chi connectivity index (χ3v) is 5.67. The number of benzene rings is 2. The Morgan fingerprint density at radius 1 is 1.16 bits per heavy atom. The number of nitrogens with one attached hydrogen (secondary N) is 1. The predicted octanol–water partition coefficient (Wildman–Crippen LogP) is 4.73. The first-order valence-electron chi connectivity index (χ1n) is 10.2. The summed E-state index contributed by atoms with van der Waals surface area (Å²) in [6, 6.07) is 15.6. The lowest BCUT2D eigenvalue weighted by molar-refractivity contribution is -0.116. The molecule has 2 heterocycles. The molecule has 0 unspecified atom stereocenters. The number of carbonyl (C=O) groups excluding carboxylic acids is 1. The summed E-state index contributed by atoms with van der Waals surface area (Å²) in [6.45, 7) is 5.61. The van der Waals surface area contributed by atoms with Gasteiger partial charge < -0.3 is 14.6 Å². The van der Waals surface area contributed by atoms with Crippen molar-refractivity contribution in [2.75, 3.05) is 0 Å². The molecule has 7 heteroatoms. The molecule has 0 fully saturated rings. The second-order valence-electron chi connectivity index (χ2n) is 7.00. The molecule has 0 bridgehead atoms. The number of carbonyl (C=O) groups is 1. The highest BCUT2D eigenvalue weighted by atomic mass is 32.1. The Kier molecular flexibility index (Phi) is 6.43. The van der Waals surface area contributed by atoms with Crippen LogP contribution in [0.5, 0.6) is 5.75 Å². The zero-order chi connectivity index (χ0) is 21.6. The standard InChI is InChI=1S/C24H24N4O2S/c1-3-28-21-10-6-5-9-20(21)27-23(28)14-25-24(29)13-12-18-8-4-7-11-22(18)30-15-19-16-31-17(2)26-19/h4-13,16H,3,14-15H2,1-2H3,(H,25,29)/b13-12+. The summed E-state index contributed by atoms with van der Waals surface area (Å²) in [5.74, 6) is 1.37. The largest absolute Gasteiger partial charge is 0.487 e. The van der Waals surface area contributed by atoms with Crippen LogP contribution >= 0.6 is 11.3 Å². The van der Waals surface area contributed by atoms with Crippen molar-refractivity contribution in [2.45, 2.75) is 33.5 Å². The fraction of sp³-hybridized carbons (Fsp3) is 0.208. The Morgan fingerprint density at radius 3 is 2.77 bits per heavy atom. The van der Waals surface area contributed by atoms with E-state index in [2.05, 4.69) is 26.8 Å². The van der Waals surface area contributed by atoms with Crippen LogP contribution in [-0.2, 0) is 24.5 Å². The van der Waals surface area contributed by atoms with Crippen LogP contribution in [0.1, 0.15) is 29.0 Å². The van der Waals surface area contributed by atoms with Crippen molar-refractivity contribution in [3.8, 4) is 5.75 Å². The average Bonchev–Trinajstić information content (AvgIpc) is 3.37. The van der Waals surface area contributed by atoms with Crippen molar-refractivity contribution in [3.63, 3.8) is 0 Å². The summed E-state index contributed by atoms with van der Waals surface area (Å²) >= 11 is 1.60. The Balaban J connectivity index is 1.39. The van der Waals surface area contributed by atoms with Crippen LogP contribution in [0.4, 0.5) is 0 Å². The Morgan fingerprint density at radius 2 is 1.97 bits per heavy atom. The smallest absolute Gasteiger partial charge is 0.244 e. The first kappa shape index (κ1) is 20.8. The fourth-order valence-corrected chi connectivity index (χ4v) is 3.98. The second-order valence-corrected chi connectivity index (χ2v) is 8.06. The molecule has 4 aromatic rings. The van der Waals surface area contributed by atoms with E-state index in [1.54, 1.807) is 17.4 Å². The third-order valence-electron chi connectivity index (χ3n) is 4.85. The topological polar surface area (TPSA) is 69.0 Å². The highest BCUT2D eigenvalue weighted by molar-refractivity contribution is 7.09. The lowest BCUT2D eigenvalue weighted by Gasteiger charge is -2.08. The zero-order valence-corrected chi connectivity index (χ0v) is 18.4. The van der Waals surface area contributed by atoms with Crippen molar-refractivity contribution < 1.29 is 9.53 Å². The van der Waals surface area contributed by atoms with Crippen LogP contribution in [0.15, 0.2) is 60.0 Å². The van der Waals surface area contributed by atoms with Gasteiger partial charge in [0.15, 0.2) is 0 Å². The second kappa shape index (κ2) is 9.57. The number of hydrogen-bond donors (Lipinski definition) is 1. The van der Waals surface area contributed by atoms with Gasteiger partial charge in [-0.2, -0.15) is 0 Å². The SMILES string of the molecule is CCn1c(CNC(=O)/C=C/c2ccccc2OCc2csc(C)n2)nc2ccccc21. The first-order valence-corrected chi connectivity index (χ1v) is 11.0. The number of thiazole rings is 1. The molecule has 0 aliphatic carbocycles. The molecule has 1 N–H and O–H groups in total. The van der Waals surface area contributed by atoms with Gasteiger partial charge in [0.25, 0.3) is 0 Å². The molecular weight excluding hydrogens is 408 g/mol. The van der Waals surface area contributed by atoms with Gasteiger partial charge in [-0.3, -0.25) is 4.79 Å². The van der Waals surface area contributed by atoms with Crippen molar-refractivity contribution in [3.05, 3.63) is 82.1 Å². The number of amides is 1. The normalized spacial score (nSPS) is 11.3. The minimum atomic E-state index is -0.181. The number of rotatable bonds is 8. The van der Waals surface area contributed by atoms with Crippen LogP contribution in [0.3, 0.4) is 0 Å². The van der Waals surface area contributed by atoms with Crippen molar-refractivity contribution >= 4 is 34.4 Å². The van der Waals surface area contributed by atoms with Crippen molar-refractivity contribution in [1.29, 1.82) is 0 Å². The van der Waals surface area contributed by atoms with Gasteiger partial charge in [-0.15, -0.1) is 11.3 Å². The van der Waals surface area contributed by atoms with E-state index in [-0.39, 0.29) is 5.91 Å². The lowest BCUT2D eigenvalue weighted by Crippen LogP contribution is -2.22. The number of para-hydroxylation sites is 3. The average molecular weight is 433 g/mol. The minimum absolute atomic E-state index is 0.181. The maximum Gasteiger partial charge on any atom is 0.244 e. The molecule has 0 saturated carbocycles. The van der Waals surface area contributed by atoms with Crippen LogP contribution in [0.25, 0.3) is 17.1 Å². The van der Waals surface area contributed by atoms with Crippen LogP contribution < -0.4 is 10.1 Å². The van der Waals surface area contributed by atoms with E-state index < -0.39 is 0 Å². The number of hydrogen-bond acceptors (Lipinski definition) is 5. The van der Waals surface area contributed by atoms with E-state index in [9.17, 15) is 4.79 Å². The highest BCUT2D eigenvalue weighted by Crippen LogP contribution is 2.21. The molecule has 6 nitrogen and oxygen atoms in total. The molecule has 4 rings (SSSR count). The zero-order valence-electron chi connectivity index (χ0n) is 17.5. The molecule has 2 aromatic heterocycles. The molecule has 0 atom stereocenters. The van der Waals surface area contributed by atoms with Crippen molar-refractivity contribution in [1.82, 2.24) is 19.9 Å². The number of nitrogens with zero attached hydrogens (tertiary/aromatic N) is 3. The summed E-state index contributed by atoms with van der Waals surface area (Å²) in [6.07, 6.45) is 3.29. The number of imidazole rings is 1. The minimum Gasteiger partial charge on any atom is -0.487 e. The van der Waals surface area contributed by atoms with Gasteiger partial charge >= 0.3 is 0 Å². The van der Waals surface area contributed by atoms with E-state index >= 15 is 0 Å². The summed E-state index contributed by atoms with van der Waals surface area (Å²) in [5.41, 5.74) is 3.75. The molecule has 2 aromatic carbocycles. The summed E-state index contributed by atoms with van der Waals surface area (Å²) in [5, 5.41) is 5.93. The number of aromatic nitrogens is 3. The molecule has 0 aliphatic heterocycles. The fourth-order valence-electron chi connectivity index (χ4n) is 3.38. The van der Waals surface area contributed by atoms with Gasteiger partial charge in [0.2, 0.25) is 5.91 Å². The van der Waals surface area contributed by atoms with Gasteiger partial charge in [0, 0.05) is 23.6 Å². The lowest BCUT2D eigenvalue weighted by atomic mass is 10.2. The van der Waals surface area contributed by atoms with Gasteiger partial charge in [-0.25, -0.2) is 9.97 Å². The molecule has 158 valence electrons. The number of fused-ring (bicyclic) bond motifs is 1. The van der Waals surface area contributed by atoms with Gasteiger partial charge in [0.1, 0.15) is 18.2 Å². The van der Waals surface area contributed by atoms with Gasteiger partial charge in [-0.05, 0) is 38.1 Å². The first-order chi connectivity index (χ1) is 15.1. The van der Waals surface area contributed by atoms with Crippen LogP contribution in [-0.4, -0.2) is 20.4 Å². The molecule has 0 saturated heterocycles. The Hall–Kier alpha value is -3.45. The molecular formula is C24H24N4O2S. The quantitative estimate of drug-likeness (QED) is 0.409. The summed E-state index contributed by atoms with van der Waals surface area (Å²) in [4.78, 5) is 21.5. The third kappa shape index (κ3) is 5.00.